The first-order valence-corrected chi connectivity index (χ1v) is 12.0. The van der Waals surface area contributed by atoms with E-state index in [1.807, 2.05) is 23.6 Å². The van der Waals surface area contributed by atoms with Crippen LogP contribution in [-0.4, -0.2) is 82.9 Å². The van der Waals surface area contributed by atoms with E-state index >= 15 is 0 Å². The normalized spacial score (nSPS) is 30.4. The van der Waals surface area contributed by atoms with Crippen LogP contribution in [0.15, 0.2) is 56.6 Å². The highest BCUT2D eigenvalue weighted by Gasteiger charge is 2.39. The van der Waals surface area contributed by atoms with E-state index in [2.05, 4.69) is 9.98 Å². The molecule has 0 N–H and O–H groups in total. The summed E-state index contributed by atoms with van der Waals surface area (Å²) in [5.74, 6) is -0.243. The van der Waals surface area contributed by atoms with Gasteiger partial charge in [-0.25, -0.2) is 0 Å². The third-order valence-corrected chi connectivity index (χ3v) is 7.16. The van der Waals surface area contributed by atoms with E-state index in [0.717, 1.165) is 13.1 Å². The maximum atomic E-state index is 13.3. The number of nitrogens with zero attached hydrogens (tertiary/aromatic N) is 4. The lowest BCUT2D eigenvalue weighted by molar-refractivity contribution is -0.120. The van der Waals surface area contributed by atoms with Crippen LogP contribution in [0.3, 0.4) is 0 Å². The molecule has 3 aliphatic carbocycles. The van der Waals surface area contributed by atoms with E-state index in [1.165, 1.54) is 0 Å². The highest BCUT2D eigenvalue weighted by atomic mass is 16.1. The number of allylic oxidation sites excluding steroid dienone is 8. The Balaban J connectivity index is 1.43. The molecule has 176 valence electrons. The number of carbonyl (C=O) groups is 4. The molecule has 8 heteroatoms. The summed E-state index contributed by atoms with van der Waals surface area (Å²) in [6, 6.07) is 0. The molecule has 2 aliphatic heterocycles. The molecule has 0 aromatic heterocycles. The Morgan fingerprint density at radius 3 is 1.50 bits per heavy atom. The summed E-state index contributed by atoms with van der Waals surface area (Å²) >= 11 is 0. The molecule has 0 aromatic rings. The van der Waals surface area contributed by atoms with Crippen LogP contribution in [0.2, 0.25) is 0 Å². The Morgan fingerprint density at radius 2 is 1.12 bits per heavy atom. The molecule has 8 nitrogen and oxygen atoms in total. The number of fused-ring (bicyclic) bond motifs is 2. The minimum Gasteiger partial charge on any atom is -0.296 e. The third-order valence-electron chi connectivity index (χ3n) is 7.16. The molecule has 0 spiro atoms. The predicted molar refractivity (Wildman–Crippen MR) is 128 cm³/mol. The maximum absolute atomic E-state index is 13.3. The van der Waals surface area contributed by atoms with Gasteiger partial charge in [-0.1, -0.05) is 26.0 Å². The number of rotatable bonds is 4. The largest absolute Gasteiger partial charge is 0.296 e. The van der Waals surface area contributed by atoms with Crippen LogP contribution in [0, 0.1) is 0 Å². The molecule has 0 aromatic carbocycles. The predicted octanol–water partition coefficient (Wildman–Crippen LogP) is 1.77. The molecule has 2 atom stereocenters. The zero-order valence-electron chi connectivity index (χ0n) is 19.5. The Labute approximate surface area is 198 Å². The number of hydrogen-bond acceptors (Lipinski definition) is 8. The Bertz CT molecular complexity index is 1090. The Morgan fingerprint density at radius 1 is 0.706 bits per heavy atom. The average Bonchev–Trinajstić information content (AvgIpc) is 3.38. The summed E-state index contributed by atoms with van der Waals surface area (Å²) in [4.78, 5) is 64.4. The number of likely N-dealkylation sites (N-methyl/N-ethyl adjacent to an activating group) is 2. The summed E-state index contributed by atoms with van der Waals surface area (Å²) < 4.78 is 0. The number of Topliss-reactive ketones (excluding diaryl/α,β-unsaturated/α-hetero) is 4. The molecular weight excluding hydrogens is 432 g/mol. The molecule has 5 rings (SSSR count). The lowest BCUT2D eigenvalue weighted by atomic mass is 9.75. The number of carbonyl (C=O) groups excluding carboxylic acids is 4. The van der Waals surface area contributed by atoms with E-state index in [-0.39, 0.29) is 23.1 Å². The first-order chi connectivity index (χ1) is 16.4. The fraction of sp³-hybridized carbons (Fsp3) is 0.462. The summed E-state index contributed by atoms with van der Waals surface area (Å²) in [5, 5.41) is 0. The lowest BCUT2D eigenvalue weighted by Gasteiger charge is -2.27. The molecule has 2 heterocycles. The third kappa shape index (κ3) is 3.80. The van der Waals surface area contributed by atoms with Crippen molar-refractivity contribution in [1.29, 1.82) is 0 Å². The van der Waals surface area contributed by atoms with Gasteiger partial charge >= 0.3 is 0 Å². The van der Waals surface area contributed by atoms with Gasteiger partial charge in [0.1, 0.15) is 0 Å². The van der Waals surface area contributed by atoms with Gasteiger partial charge in [-0.05, 0) is 25.2 Å². The molecular formula is C26H28N4O4. The van der Waals surface area contributed by atoms with Crippen LogP contribution in [0.25, 0.3) is 0 Å². The molecule has 0 radical (unpaired) electrons. The highest BCUT2D eigenvalue weighted by Crippen LogP contribution is 2.36. The first-order valence-electron chi connectivity index (χ1n) is 12.0. The minimum absolute atomic E-state index is 0.0861. The van der Waals surface area contributed by atoms with E-state index < -0.39 is 12.3 Å². The second kappa shape index (κ2) is 8.92. The van der Waals surface area contributed by atoms with Crippen molar-refractivity contribution in [1.82, 2.24) is 9.80 Å². The number of hydrogen-bond donors (Lipinski definition) is 0. The quantitative estimate of drug-likeness (QED) is 0.634. The lowest BCUT2D eigenvalue weighted by Crippen LogP contribution is -2.34. The first kappa shape index (κ1) is 22.7. The van der Waals surface area contributed by atoms with Crippen molar-refractivity contribution < 1.29 is 19.2 Å². The van der Waals surface area contributed by atoms with Crippen LogP contribution < -0.4 is 0 Å². The molecule has 34 heavy (non-hydrogen) atoms. The topological polar surface area (TPSA) is 99.5 Å². The van der Waals surface area contributed by atoms with Gasteiger partial charge in [0.05, 0.1) is 0 Å². The van der Waals surface area contributed by atoms with Crippen LogP contribution in [0.1, 0.15) is 39.5 Å². The second-order valence-corrected chi connectivity index (χ2v) is 9.10. The van der Waals surface area contributed by atoms with Crippen LogP contribution >= 0.6 is 0 Å². The fourth-order valence-corrected chi connectivity index (χ4v) is 5.22. The van der Waals surface area contributed by atoms with Crippen molar-refractivity contribution in [3.63, 3.8) is 0 Å². The minimum atomic E-state index is -0.509. The fourth-order valence-electron chi connectivity index (χ4n) is 5.22. The molecule has 5 aliphatic rings. The van der Waals surface area contributed by atoms with Crippen LogP contribution in [0.5, 0.6) is 0 Å². The standard InChI is InChI=1S/C26H28N4O4/c1-3-29-11-9-21(31)25(29)27-15-5-7-17-19(13-15)23(33)18-8-6-16(14-20(18)24(17)34)28-26-22(32)10-12-30(26)4-2/h7-8,13-14,25-26H,3-6,9-12H2,1-2H3. The van der Waals surface area contributed by atoms with Gasteiger partial charge in [0.15, 0.2) is 35.5 Å². The van der Waals surface area contributed by atoms with Crippen molar-refractivity contribution in [2.75, 3.05) is 26.2 Å². The van der Waals surface area contributed by atoms with Gasteiger partial charge in [-0.2, -0.15) is 0 Å². The molecule has 3 fully saturated rings. The molecule has 2 unspecified atom stereocenters. The number of aliphatic imine (C=N–C) groups is 2. The Hall–Kier alpha value is -3.10. The zero-order chi connectivity index (χ0) is 24.0. The van der Waals surface area contributed by atoms with Gasteiger partial charge < -0.3 is 0 Å². The highest BCUT2D eigenvalue weighted by molar-refractivity contribution is 6.37. The number of ketones is 4. The van der Waals surface area contributed by atoms with Crippen molar-refractivity contribution in [3.8, 4) is 0 Å². The van der Waals surface area contributed by atoms with Crippen molar-refractivity contribution in [3.05, 3.63) is 46.6 Å². The maximum Gasteiger partial charge on any atom is 0.194 e. The van der Waals surface area contributed by atoms with Gasteiger partial charge in [-0.15, -0.1) is 0 Å². The summed E-state index contributed by atoms with van der Waals surface area (Å²) in [5.41, 5.74) is 2.73. The van der Waals surface area contributed by atoms with E-state index in [4.69, 9.17) is 0 Å². The molecule has 0 amide bonds. The summed E-state index contributed by atoms with van der Waals surface area (Å²) in [6.07, 6.45) is 7.58. The van der Waals surface area contributed by atoms with Crippen molar-refractivity contribution in [2.24, 2.45) is 9.98 Å². The van der Waals surface area contributed by atoms with E-state index in [0.29, 0.717) is 72.5 Å². The van der Waals surface area contributed by atoms with Gasteiger partial charge in [0, 0.05) is 72.5 Å². The Kier molecular flexibility index (Phi) is 5.95. The molecule has 0 bridgehead atoms. The molecule has 1 saturated carbocycles. The van der Waals surface area contributed by atoms with Gasteiger partial charge in [-0.3, -0.25) is 39.0 Å². The van der Waals surface area contributed by atoms with Gasteiger partial charge in [0.25, 0.3) is 0 Å². The smallest absolute Gasteiger partial charge is 0.194 e. The zero-order valence-corrected chi connectivity index (χ0v) is 19.5. The average molecular weight is 461 g/mol. The van der Waals surface area contributed by atoms with Gasteiger partial charge in [0.2, 0.25) is 0 Å². The van der Waals surface area contributed by atoms with Crippen molar-refractivity contribution >= 4 is 34.6 Å². The number of likely N-dealkylation sites (tertiary alicyclic amines) is 2. The second-order valence-electron chi connectivity index (χ2n) is 9.10. The van der Waals surface area contributed by atoms with Crippen LogP contribution in [-0.2, 0) is 19.2 Å². The summed E-state index contributed by atoms with van der Waals surface area (Å²) in [6.45, 7) is 6.84. The van der Waals surface area contributed by atoms with E-state index in [1.54, 1.807) is 24.3 Å². The molecule has 2 saturated heterocycles. The van der Waals surface area contributed by atoms with Crippen molar-refractivity contribution in [2.45, 2.75) is 51.9 Å². The SMILES string of the molecule is CCN1CCC(=O)C1N=C1C=C2C(=O)C3=CCC(=NC4C(=O)CCN4CC)C=C3C(=O)C2=CC1. The van der Waals surface area contributed by atoms with Crippen LogP contribution in [0.4, 0.5) is 0 Å². The van der Waals surface area contributed by atoms with E-state index in [9.17, 15) is 19.2 Å². The summed E-state index contributed by atoms with van der Waals surface area (Å²) in [7, 11) is 0. The monoisotopic (exact) mass is 460 g/mol.